The summed E-state index contributed by atoms with van der Waals surface area (Å²) in [5, 5.41) is 7.93. The molecule has 0 atom stereocenters. The zero-order chi connectivity index (χ0) is 14.5. The molecular weight excluding hydrogens is 264 g/mol. The number of primary sulfonamides is 1. The molecule has 1 aromatic rings. The average molecular weight is 282 g/mol. The lowest BCUT2D eigenvalue weighted by Crippen LogP contribution is -2.32. The molecule has 0 aliphatic carbocycles. The summed E-state index contributed by atoms with van der Waals surface area (Å²) in [6.45, 7) is 6.43. The van der Waals surface area contributed by atoms with E-state index in [4.69, 9.17) is 10.9 Å². The number of sulfonamides is 1. The summed E-state index contributed by atoms with van der Waals surface area (Å²) >= 11 is 0. The number of rotatable bonds is 5. The van der Waals surface area contributed by atoms with Gasteiger partial charge in [0, 0.05) is 6.54 Å². The standard InChI is InChI=1S/C12H18N4O2S/c1-9(2)7-15-12(13)16-8-10-4-3-5-11(6-10)19(14,17)18/h3-6H,1,7-8H2,2H3,(H3,13,15,16)(H2,14,17,18). The highest BCUT2D eigenvalue weighted by Crippen LogP contribution is 2.10. The van der Waals surface area contributed by atoms with Gasteiger partial charge in [0.15, 0.2) is 5.96 Å². The minimum atomic E-state index is -3.69. The van der Waals surface area contributed by atoms with Gasteiger partial charge in [-0.15, -0.1) is 0 Å². The van der Waals surface area contributed by atoms with Gasteiger partial charge >= 0.3 is 0 Å². The summed E-state index contributed by atoms with van der Waals surface area (Å²) in [6, 6.07) is 6.28. The predicted molar refractivity (Wildman–Crippen MR) is 76.0 cm³/mol. The van der Waals surface area contributed by atoms with Gasteiger partial charge in [0.1, 0.15) is 0 Å². The molecule has 19 heavy (non-hydrogen) atoms. The van der Waals surface area contributed by atoms with Gasteiger partial charge < -0.3 is 11.1 Å². The molecule has 0 aliphatic rings. The largest absolute Gasteiger partial charge is 0.370 e. The maximum atomic E-state index is 11.2. The average Bonchev–Trinajstić information content (AvgIpc) is 2.33. The van der Waals surface area contributed by atoms with Crippen LogP contribution in [0.15, 0.2) is 46.3 Å². The SMILES string of the molecule is C=C(C)CNC(N)=NCc1cccc(S(N)(=O)=O)c1. The van der Waals surface area contributed by atoms with Crippen molar-refractivity contribution in [3.8, 4) is 0 Å². The van der Waals surface area contributed by atoms with Crippen molar-refractivity contribution < 1.29 is 8.42 Å². The number of hydrogen-bond donors (Lipinski definition) is 3. The number of aliphatic imine (C=N–C) groups is 1. The van der Waals surface area contributed by atoms with Crippen LogP contribution in [0.3, 0.4) is 0 Å². The Hall–Kier alpha value is -1.86. The summed E-state index contributed by atoms with van der Waals surface area (Å²) in [5.74, 6) is 0.281. The fourth-order valence-electron chi connectivity index (χ4n) is 1.29. The molecule has 104 valence electrons. The van der Waals surface area contributed by atoms with Crippen molar-refractivity contribution in [1.82, 2.24) is 5.32 Å². The summed E-state index contributed by atoms with van der Waals surface area (Å²) in [4.78, 5) is 4.16. The van der Waals surface area contributed by atoms with Crippen LogP contribution < -0.4 is 16.2 Å². The molecule has 1 aromatic carbocycles. The normalized spacial score (nSPS) is 12.2. The van der Waals surface area contributed by atoms with E-state index in [0.717, 1.165) is 5.57 Å². The first-order valence-corrected chi connectivity index (χ1v) is 7.13. The van der Waals surface area contributed by atoms with Gasteiger partial charge in [0.05, 0.1) is 11.4 Å². The van der Waals surface area contributed by atoms with Crippen molar-refractivity contribution in [2.24, 2.45) is 15.9 Å². The fourth-order valence-corrected chi connectivity index (χ4v) is 1.88. The third kappa shape index (κ3) is 5.54. The van der Waals surface area contributed by atoms with Crippen LogP contribution in [0.1, 0.15) is 12.5 Å². The van der Waals surface area contributed by atoms with E-state index in [9.17, 15) is 8.42 Å². The summed E-state index contributed by atoms with van der Waals surface area (Å²) in [7, 11) is -3.69. The van der Waals surface area contributed by atoms with Crippen LogP contribution in [0.4, 0.5) is 0 Å². The van der Waals surface area contributed by atoms with Crippen molar-refractivity contribution in [2.75, 3.05) is 6.54 Å². The number of nitrogens with zero attached hydrogens (tertiary/aromatic N) is 1. The highest BCUT2D eigenvalue weighted by molar-refractivity contribution is 7.89. The van der Waals surface area contributed by atoms with Gasteiger partial charge in [-0.05, 0) is 24.6 Å². The molecule has 0 unspecified atom stereocenters. The van der Waals surface area contributed by atoms with E-state index < -0.39 is 10.0 Å². The first-order valence-electron chi connectivity index (χ1n) is 5.59. The van der Waals surface area contributed by atoms with Crippen molar-refractivity contribution >= 4 is 16.0 Å². The molecule has 5 N–H and O–H groups in total. The Balaban J connectivity index is 2.73. The number of guanidine groups is 1. The Labute approximate surface area is 113 Å². The number of nitrogens with one attached hydrogen (secondary N) is 1. The van der Waals surface area contributed by atoms with Gasteiger partial charge in [0.2, 0.25) is 10.0 Å². The van der Waals surface area contributed by atoms with Crippen LogP contribution in [0, 0.1) is 0 Å². The second-order valence-electron chi connectivity index (χ2n) is 4.20. The van der Waals surface area contributed by atoms with Gasteiger partial charge in [-0.1, -0.05) is 24.3 Å². The number of benzene rings is 1. The molecule has 0 spiro atoms. The van der Waals surface area contributed by atoms with E-state index in [0.29, 0.717) is 12.1 Å². The fraction of sp³-hybridized carbons (Fsp3) is 0.250. The molecular formula is C12H18N4O2S. The van der Waals surface area contributed by atoms with Crippen LogP contribution in [0.5, 0.6) is 0 Å². The molecule has 0 saturated heterocycles. The highest BCUT2D eigenvalue weighted by atomic mass is 32.2. The molecule has 0 bridgehead atoms. The van der Waals surface area contributed by atoms with E-state index in [1.165, 1.54) is 12.1 Å². The minimum absolute atomic E-state index is 0.0636. The van der Waals surface area contributed by atoms with Gasteiger partial charge in [0.25, 0.3) is 0 Å². The molecule has 0 heterocycles. The lowest BCUT2D eigenvalue weighted by atomic mass is 10.2. The molecule has 0 amide bonds. The molecule has 1 rings (SSSR count). The van der Waals surface area contributed by atoms with Crippen LogP contribution in [0.25, 0.3) is 0 Å². The predicted octanol–water partition coefficient (Wildman–Crippen LogP) is 0.314. The van der Waals surface area contributed by atoms with E-state index in [-0.39, 0.29) is 17.4 Å². The number of nitrogens with two attached hydrogens (primary N) is 2. The van der Waals surface area contributed by atoms with Gasteiger partial charge in [-0.25, -0.2) is 18.5 Å². The lowest BCUT2D eigenvalue weighted by molar-refractivity contribution is 0.597. The first kappa shape index (κ1) is 15.2. The van der Waals surface area contributed by atoms with E-state index >= 15 is 0 Å². The maximum absolute atomic E-state index is 11.2. The Morgan fingerprint density at radius 1 is 1.47 bits per heavy atom. The quantitative estimate of drug-likeness (QED) is 0.410. The molecule has 0 aliphatic heterocycles. The Morgan fingerprint density at radius 3 is 2.74 bits per heavy atom. The third-order valence-electron chi connectivity index (χ3n) is 2.23. The Kier molecular flexibility index (Phi) is 5.08. The third-order valence-corrected chi connectivity index (χ3v) is 3.14. The molecule has 0 radical (unpaired) electrons. The summed E-state index contributed by atoms with van der Waals surface area (Å²) in [5.41, 5.74) is 7.30. The first-order chi connectivity index (χ1) is 8.79. The molecule has 0 fully saturated rings. The van der Waals surface area contributed by atoms with Crippen molar-refractivity contribution in [1.29, 1.82) is 0 Å². The monoisotopic (exact) mass is 282 g/mol. The van der Waals surface area contributed by atoms with E-state index in [2.05, 4.69) is 16.9 Å². The van der Waals surface area contributed by atoms with Crippen LogP contribution in [-0.2, 0) is 16.6 Å². The molecule has 0 aromatic heterocycles. The Morgan fingerprint density at radius 2 is 2.16 bits per heavy atom. The lowest BCUT2D eigenvalue weighted by Gasteiger charge is -2.05. The molecule has 7 heteroatoms. The summed E-state index contributed by atoms with van der Waals surface area (Å²) in [6.07, 6.45) is 0. The van der Waals surface area contributed by atoms with Crippen LogP contribution in [0.2, 0.25) is 0 Å². The second-order valence-corrected chi connectivity index (χ2v) is 5.77. The van der Waals surface area contributed by atoms with Crippen molar-refractivity contribution in [3.63, 3.8) is 0 Å². The van der Waals surface area contributed by atoms with Crippen molar-refractivity contribution in [2.45, 2.75) is 18.4 Å². The molecule has 0 saturated carbocycles. The smallest absolute Gasteiger partial charge is 0.238 e. The summed E-state index contributed by atoms with van der Waals surface area (Å²) < 4.78 is 22.4. The molecule has 6 nitrogen and oxygen atoms in total. The highest BCUT2D eigenvalue weighted by Gasteiger charge is 2.07. The zero-order valence-electron chi connectivity index (χ0n) is 10.8. The topological polar surface area (TPSA) is 111 Å². The second kappa shape index (κ2) is 6.35. The van der Waals surface area contributed by atoms with Crippen LogP contribution >= 0.6 is 0 Å². The van der Waals surface area contributed by atoms with Gasteiger partial charge in [-0.3, -0.25) is 0 Å². The zero-order valence-corrected chi connectivity index (χ0v) is 11.6. The van der Waals surface area contributed by atoms with Crippen molar-refractivity contribution in [3.05, 3.63) is 42.0 Å². The number of hydrogen-bond acceptors (Lipinski definition) is 3. The van der Waals surface area contributed by atoms with Crippen LogP contribution in [-0.4, -0.2) is 20.9 Å². The Bertz CT molecular complexity index is 594. The van der Waals surface area contributed by atoms with Gasteiger partial charge in [-0.2, -0.15) is 0 Å². The maximum Gasteiger partial charge on any atom is 0.238 e. The minimum Gasteiger partial charge on any atom is -0.370 e. The van der Waals surface area contributed by atoms with E-state index in [1.54, 1.807) is 12.1 Å². The van der Waals surface area contributed by atoms with E-state index in [1.807, 2.05) is 6.92 Å².